The Morgan fingerprint density at radius 3 is 2.83 bits per heavy atom. The fourth-order valence-electron chi connectivity index (χ4n) is 3.61. The van der Waals surface area contributed by atoms with Gasteiger partial charge in [-0.15, -0.1) is 0 Å². The van der Waals surface area contributed by atoms with Crippen LogP contribution in [0.15, 0.2) is 54.9 Å². The van der Waals surface area contributed by atoms with Crippen molar-refractivity contribution in [2.24, 2.45) is 0 Å². The van der Waals surface area contributed by atoms with Crippen molar-refractivity contribution in [3.8, 4) is 0 Å². The predicted molar refractivity (Wildman–Crippen MR) is 90.5 cm³/mol. The van der Waals surface area contributed by atoms with Crippen molar-refractivity contribution in [1.82, 2.24) is 14.8 Å². The molecule has 2 atom stereocenters. The lowest BCUT2D eigenvalue weighted by Gasteiger charge is -2.36. The first kappa shape index (κ1) is 15.3. The van der Waals surface area contributed by atoms with E-state index in [4.69, 9.17) is 4.74 Å². The first-order valence-electron chi connectivity index (χ1n) is 8.40. The van der Waals surface area contributed by atoms with Crippen LogP contribution in [0.3, 0.4) is 0 Å². The monoisotopic (exact) mass is 323 g/mol. The summed E-state index contributed by atoms with van der Waals surface area (Å²) >= 11 is 0. The number of carbonyl (C=O) groups is 1. The third kappa shape index (κ3) is 3.05. The maximum Gasteiger partial charge on any atom is 0.255 e. The highest BCUT2D eigenvalue weighted by molar-refractivity contribution is 5.94. The molecule has 0 radical (unpaired) electrons. The maximum absolute atomic E-state index is 12.7. The molecule has 2 aliphatic rings. The zero-order chi connectivity index (χ0) is 16.4. The second-order valence-corrected chi connectivity index (χ2v) is 6.38. The summed E-state index contributed by atoms with van der Waals surface area (Å²) in [5, 5.41) is 0. The van der Waals surface area contributed by atoms with E-state index in [9.17, 15) is 4.79 Å². The first-order chi connectivity index (χ1) is 11.8. The molecule has 4 rings (SSSR count). The van der Waals surface area contributed by atoms with Crippen molar-refractivity contribution >= 4 is 5.91 Å². The average Bonchev–Trinajstić information content (AvgIpc) is 3.08. The van der Waals surface area contributed by atoms with Crippen LogP contribution in [0.2, 0.25) is 0 Å². The van der Waals surface area contributed by atoms with Gasteiger partial charge in [0, 0.05) is 38.6 Å². The Kier molecular flexibility index (Phi) is 4.28. The normalized spacial score (nSPS) is 23.9. The van der Waals surface area contributed by atoms with Crippen LogP contribution in [0.1, 0.15) is 15.9 Å². The van der Waals surface area contributed by atoms with Crippen molar-refractivity contribution in [3.05, 3.63) is 66.0 Å². The molecule has 24 heavy (non-hydrogen) atoms. The van der Waals surface area contributed by atoms with Gasteiger partial charge in [-0.2, -0.15) is 0 Å². The summed E-state index contributed by atoms with van der Waals surface area (Å²) in [6, 6.07) is 14.4. The van der Waals surface area contributed by atoms with Crippen molar-refractivity contribution in [2.45, 2.75) is 18.7 Å². The van der Waals surface area contributed by atoms with Gasteiger partial charge in [0.05, 0.1) is 24.3 Å². The summed E-state index contributed by atoms with van der Waals surface area (Å²) in [5.41, 5.74) is 1.95. The van der Waals surface area contributed by atoms with Gasteiger partial charge in [0.25, 0.3) is 5.91 Å². The molecule has 0 spiro atoms. The van der Waals surface area contributed by atoms with Crippen molar-refractivity contribution in [3.63, 3.8) is 0 Å². The third-order valence-corrected chi connectivity index (χ3v) is 4.84. The molecule has 124 valence electrons. The number of pyridine rings is 1. The fraction of sp³-hybridized carbons (Fsp3) is 0.368. The molecule has 5 heteroatoms. The number of benzene rings is 1. The number of morpholine rings is 1. The van der Waals surface area contributed by atoms with Crippen LogP contribution in [0, 0.1) is 0 Å². The minimum atomic E-state index is 0.0424. The lowest BCUT2D eigenvalue weighted by Crippen LogP contribution is -2.50. The highest BCUT2D eigenvalue weighted by Gasteiger charge is 2.41. The number of fused-ring (bicyclic) bond motifs is 1. The molecule has 0 bridgehead atoms. The number of hydrogen-bond donors (Lipinski definition) is 0. The number of nitrogens with zero attached hydrogens (tertiary/aromatic N) is 3. The van der Waals surface area contributed by atoms with Crippen LogP contribution in [-0.4, -0.2) is 59.1 Å². The number of ether oxygens (including phenoxy) is 1. The Hall–Kier alpha value is -2.24. The lowest BCUT2D eigenvalue weighted by atomic mass is 10.1. The topological polar surface area (TPSA) is 45.7 Å². The Balaban J connectivity index is 1.47. The summed E-state index contributed by atoms with van der Waals surface area (Å²) in [6.45, 7) is 3.91. The van der Waals surface area contributed by atoms with E-state index in [2.05, 4.69) is 34.1 Å². The van der Waals surface area contributed by atoms with E-state index in [1.54, 1.807) is 18.5 Å². The number of amides is 1. The number of carbonyl (C=O) groups excluding carboxylic acids is 1. The second kappa shape index (κ2) is 6.71. The van der Waals surface area contributed by atoms with Gasteiger partial charge in [0.1, 0.15) is 0 Å². The van der Waals surface area contributed by atoms with Gasteiger partial charge in [-0.05, 0) is 17.7 Å². The maximum atomic E-state index is 12.7. The smallest absolute Gasteiger partial charge is 0.255 e. The summed E-state index contributed by atoms with van der Waals surface area (Å²) in [7, 11) is 0. The Morgan fingerprint density at radius 1 is 1.17 bits per heavy atom. The molecule has 2 aliphatic heterocycles. The van der Waals surface area contributed by atoms with Crippen LogP contribution in [0.5, 0.6) is 0 Å². The van der Waals surface area contributed by atoms with Crippen molar-refractivity contribution in [1.29, 1.82) is 0 Å². The minimum absolute atomic E-state index is 0.0424. The predicted octanol–water partition coefficient (Wildman–Crippen LogP) is 1.81. The van der Waals surface area contributed by atoms with E-state index in [1.807, 2.05) is 17.0 Å². The quantitative estimate of drug-likeness (QED) is 0.864. The average molecular weight is 323 g/mol. The number of likely N-dealkylation sites (tertiary alicyclic amines) is 1. The second-order valence-electron chi connectivity index (χ2n) is 6.38. The SMILES string of the molecule is O=C(c1cccnc1)N1CC2OCCN(Cc3ccccc3)C2C1. The standard InChI is InChI=1S/C19H21N3O2/c23-19(16-7-4-8-20-11-16)22-13-17-18(14-22)24-10-9-21(17)12-15-5-2-1-3-6-15/h1-8,11,17-18H,9-10,12-14H2. The van der Waals surface area contributed by atoms with Gasteiger partial charge < -0.3 is 9.64 Å². The highest BCUT2D eigenvalue weighted by atomic mass is 16.5. The van der Waals surface area contributed by atoms with Crippen LogP contribution < -0.4 is 0 Å². The zero-order valence-corrected chi connectivity index (χ0v) is 13.5. The van der Waals surface area contributed by atoms with Crippen LogP contribution in [-0.2, 0) is 11.3 Å². The van der Waals surface area contributed by atoms with Crippen molar-refractivity contribution < 1.29 is 9.53 Å². The summed E-state index contributed by atoms with van der Waals surface area (Å²) in [6.07, 6.45) is 3.42. The zero-order valence-electron chi connectivity index (χ0n) is 13.5. The third-order valence-electron chi connectivity index (χ3n) is 4.84. The van der Waals surface area contributed by atoms with E-state index in [0.29, 0.717) is 18.7 Å². The number of hydrogen-bond acceptors (Lipinski definition) is 4. The van der Waals surface area contributed by atoms with Crippen LogP contribution in [0.25, 0.3) is 0 Å². The van der Waals surface area contributed by atoms with E-state index in [0.717, 1.165) is 19.7 Å². The number of rotatable bonds is 3. The lowest BCUT2D eigenvalue weighted by molar-refractivity contribution is -0.0503. The summed E-state index contributed by atoms with van der Waals surface area (Å²) in [5.74, 6) is 0.0424. The Labute approximate surface area is 141 Å². The van der Waals surface area contributed by atoms with Gasteiger partial charge in [-0.3, -0.25) is 14.7 Å². The van der Waals surface area contributed by atoms with Gasteiger partial charge in [-0.25, -0.2) is 0 Å². The summed E-state index contributed by atoms with van der Waals surface area (Å²) in [4.78, 5) is 21.1. The molecule has 5 nitrogen and oxygen atoms in total. The Morgan fingerprint density at radius 2 is 2.04 bits per heavy atom. The summed E-state index contributed by atoms with van der Waals surface area (Å²) < 4.78 is 5.93. The van der Waals surface area contributed by atoms with Gasteiger partial charge in [0.15, 0.2) is 0 Å². The Bertz CT molecular complexity index is 692. The molecule has 2 fully saturated rings. The molecule has 1 amide bonds. The van der Waals surface area contributed by atoms with Gasteiger partial charge >= 0.3 is 0 Å². The first-order valence-corrected chi connectivity index (χ1v) is 8.40. The fourth-order valence-corrected chi connectivity index (χ4v) is 3.61. The molecule has 0 N–H and O–H groups in total. The van der Waals surface area contributed by atoms with E-state index < -0.39 is 0 Å². The highest BCUT2D eigenvalue weighted by Crippen LogP contribution is 2.25. The number of aromatic nitrogens is 1. The van der Waals surface area contributed by atoms with E-state index in [1.165, 1.54) is 5.56 Å². The molecule has 1 aromatic heterocycles. The largest absolute Gasteiger partial charge is 0.373 e. The molecule has 1 aromatic carbocycles. The van der Waals surface area contributed by atoms with Gasteiger partial charge in [-0.1, -0.05) is 30.3 Å². The van der Waals surface area contributed by atoms with Crippen LogP contribution >= 0.6 is 0 Å². The molecule has 2 saturated heterocycles. The molecular weight excluding hydrogens is 302 g/mol. The molecule has 0 aliphatic carbocycles. The molecule has 3 heterocycles. The van der Waals surface area contributed by atoms with E-state index >= 15 is 0 Å². The van der Waals surface area contributed by atoms with E-state index in [-0.39, 0.29) is 18.1 Å². The minimum Gasteiger partial charge on any atom is -0.373 e. The molecular formula is C19H21N3O2. The van der Waals surface area contributed by atoms with Gasteiger partial charge in [0.2, 0.25) is 0 Å². The molecule has 0 saturated carbocycles. The van der Waals surface area contributed by atoms with Crippen molar-refractivity contribution in [2.75, 3.05) is 26.2 Å². The molecule has 2 aromatic rings. The molecule has 2 unspecified atom stereocenters. The van der Waals surface area contributed by atoms with Crippen LogP contribution in [0.4, 0.5) is 0 Å².